The van der Waals surface area contributed by atoms with Gasteiger partial charge in [-0.1, -0.05) is 48.9 Å². The van der Waals surface area contributed by atoms with Crippen LogP contribution >= 0.6 is 23.4 Å². The number of halogens is 1. The van der Waals surface area contributed by atoms with Crippen molar-refractivity contribution in [3.63, 3.8) is 0 Å². The maximum absolute atomic E-state index is 12.5. The summed E-state index contributed by atoms with van der Waals surface area (Å²) in [4.78, 5) is 24.8. The van der Waals surface area contributed by atoms with Crippen molar-refractivity contribution in [2.75, 3.05) is 12.3 Å². The van der Waals surface area contributed by atoms with Gasteiger partial charge >= 0.3 is 5.97 Å². The molecule has 2 aromatic rings. The number of nitrogens with one attached hydrogen (secondary N) is 1. The molecule has 1 amide bonds. The minimum atomic E-state index is -0.932. The molecule has 0 saturated carbocycles. The summed E-state index contributed by atoms with van der Waals surface area (Å²) in [7, 11) is 0. The van der Waals surface area contributed by atoms with Gasteiger partial charge in [-0.2, -0.15) is 0 Å². The molecule has 0 fully saturated rings. The third-order valence-electron chi connectivity index (χ3n) is 3.67. The lowest BCUT2D eigenvalue weighted by Gasteiger charge is -2.15. The summed E-state index contributed by atoms with van der Waals surface area (Å²) in [6.07, 6.45) is 0.364. The SMILES string of the molecule is CCSc1ccc(Cl)cc1C(=O)NCC(Cc1ccccc1)C(=O)O. The van der Waals surface area contributed by atoms with Crippen LogP contribution < -0.4 is 5.32 Å². The summed E-state index contributed by atoms with van der Waals surface area (Å²) in [6.45, 7) is 2.06. The second-order valence-corrected chi connectivity index (χ2v) is 7.25. The van der Waals surface area contributed by atoms with Crippen molar-refractivity contribution in [3.05, 3.63) is 64.7 Å². The molecule has 4 nitrogen and oxygen atoms in total. The van der Waals surface area contributed by atoms with Crippen LogP contribution in [0.25, 0.3) is 0 Å². The number of thioether (sulfide) groups is 1. The Bertz CT molecular complexity index is 737. The molecular formula is C19H20ClNO3S. The topological polar surface area (TPSA) is 66.4 Å². The molecule has 132 valence electrons. The monoisotopic (exact) mass is 377 g/mol. The predicted molar refractivity (Wildman–Crippen MR) is 101 cm³/mol. The van der Waals surface area contributed by atoms with Crippen molar-refractivity contribution in [3.8, 4) is 0 Å². The Morgan fingerprint density at radius 3 is 2.56 bits per heavy atom. The molecule has 2 N–H and O–H groups in total. The first-order valence-electron chi connectivity index (χ1n) is 7.98. The maximum Gasteiger partial charge on any atom is 0.308 e. The quantitative estimate of drug-likeness (QED) is 0.679. The molecular weight excluding hydrogens is 358 g/mol. The Hall–Kier alpha value is -1.98. The van der Waals surface area contributed by atoms with E-state index in [1.54, 1.807) is 23.9 Å². The lowest BCUT2D eigenvalue weighted by Crippen LogP contribution is -2.34. The molecule has 1 unspecified atom stereocenters. The Balaban J connectivity index is 2.06. The minimum Gasteiger partial charge on any atom is -0.481 e. The van der Waals surface area contributed by atoms with E-state index in [0.717, 1.165) is 16.2 Å². The molecule has 2 rings (SSSR count). The van der Waals surface area contributed by atoms with Crippen LogP contribution in [-0.2, 0) is 11.2 Å². The van der Waals surface area contributed by atoms with Crippen molar-refractivity contribution in [1.82, 2.24) is 5.32 Å². The first-order chi connectivity index (χ1) is 12.0. The van der Waals surface area contributed by atoms with E-state index in [4.69, 9.17) is 11.6 Å². The first kappa shape index (κ1) is 19.3. The van der Waals surface area contributed by atoms with E-state index < -0.39 is 11.9 Å². The van der Waals surface area contributed by atoms with Gasteiger partial charge in [-0.05, 0) is 35.9 Å². The molecule has 0 aromatic heterocycles. The number of carboxylic acids is 1. The zero-order valence-corrected chi connectivity index (χ0v) is 15.4. The second kappa shape index (κ2) is 9.49. The highest BCUT2D eigenvalue weighted by Crippen LogP contribution is 2.25. The Morgan fingerprint density at radius 1 is 1.20 bits per heavy atom. The number of rotatable bonds is 8. The average molecular weight is 378 g/mol. The number of carboxylic acid groups (broad SMARTS) is 1. The summed E-state index contributed by atoms with van der Waals surface area (Å²) >= 11 is 7.54. The zero-order chi connectivity index (χ0) is 18.2. The number of hydrogen-bond donors (Lipinski definition) is 2. The van der Waals surface area contributed by atoms with Gasteiger partial charge < -0.3 is 10.4 Å². The molecule has 2 aromatic carbocycles. The summed E-state index contributed by atoms with van der Waals surface area (Å²) in [5, 5.41) is 12.6. The van der Waals surface area contributed by atoms with Crippen molar-refractivity contribution in [1.29, 1.82) is 0 Å². The maximum atomic E-state index is 12.5. The van der Waals surface area contributed by atoms with Crippen molar-refractivity contribution < 1.29 is 14.7 Å². The molecule has 0 heterocycles. The van der Waals surface area contributed by atoms with Crippen molar-refractivity contribution >= 4 is 35.2 Å². The molecule has 25 heavy (non-hydrogen) atoms. The molecule has 0 radical (unpaired) electrons. The minimum absolute atomic E-state index is 0.0613. The number of amides is 1. The van der Waals surface area contributed by atoms with Crippen LogP contribution in [-0.4, -0.2) is 29.3 Å². The molecule has 0 aliphatic rings. The van der Waals surface area contributed by atoms with Crippen LogP contribution in [0.1, 0.15) is 22.8 Å². The van der Waals surface area contributed by atoms with Crippen molar-refractivity contribution in [2.24, 2.45) is 5.92 Å². The Morgan fingerprint density at radius 2 is 1.92 bits per heavy atom. The van der Waals surface area contributed by atoms with Crippen LogP contribution in [0.4, 0.5) is 0 Å². The van der Waals surface area contributed by atoms with E-state index in [2.05, 4.69) is 5.32 Å². The highest BCUT2D eigenvalue weighted by molar-refractivity contribution is 7.99. The third-order valence-corrected chi connectivity index (χ3v) is 4.86. The molecule has 1 atom stereocenters. The van der Waals surface area contributed by atoms with E-state index in [1.165, 1.54) is 0 Å². The smallest absolute Gasteiger partial charge is 0.308 e. The molecule has 0 aliphatic carbocycles. The number of benzene rings is 2. The number of hydrogen-bond acceptors (Lipinski definition) is 3. The molecule has 6 heteroatoms. The van der Waals surface area contributed by atoms with E-state index in [0.29, 0.717) is 17.0 Å². The van der Waals surface area contributed by atoms with Crippen LogP contribution in [0.5, 0.6) is 0 Å². The lowest BCUT2D eigenvalue weighted by molar-refractivity contribution is -0.141. The standard InChI is InChI=1S/C19H20ClNO3S/c1-2-25-17-9-8-15(20)11-16(17)18(22)21-12-14(19(23)24)10-13-6-4-3-5-7-13/h3-9,11,14H,2,10,12H2,1H3,(H,21,22)(H,23,24). The predicted octanol–water partition coefficient (Wildman–Crippen LogP) is 4.13. The van der Waals surface area contributed by atoms with Crippen LogP contribution in [0, 0.1) is 5.92 Å². The second-order valence-electron chi connectivity index (χ2n) is 5.51. The number of aliphatic carboxylic acids is 1. The number of carbonyl (C=O) groups excluding carboxylic acids is 1. The van der Waals surface area contributed by atoms with E-state index in [1.807, 2.05) is 43.3 Å². The lowest BCUT2D eigenvalue weighted by atomic mass is 9.99. The Labute approximate surface area is 156 Å². The average Bonchev–Trinajstić information content (AvgIpc) is 2.60. The fourth-order valence-corrected chi connectivity index (χ4v) is 3.37. The zero-order valence-electron chi connectivity index (χ0n) is 13.9. The molecule has 0 spiro atoms. The van der Waals surface area contributed by atoms with Gasteiger partial charge in [0, 0.05) is 16.5 Å². The summed E-state index contributed by atoms with van der Waals surface area (Å²) in [5.74, 6) is -1.10. The van der Waals surface area contributed by atoms with Gasteiger partial charge in [-0.25, -0.2) is 0 Å². The van der Waals surface area contributed by atoms with Gasteiger partial charge in [0.2, 0.25) is 0 Å². The van der Waals surface area contributed by atoms with Gasteiger partial charge in [0.05, 0.1) is 11.5 Å². The summed E-state index contributed by atoms with van der Waals surface area (Å²) in [6, 6.07) is 14.5. The van der Waals surface area contributed by atoms with Gasteiger partial charge in [0.15, 0.2) is 0 Å². The van der Waals surface area contributed by atoms with E-state index in [-0.39, 0.29) is 12.5 Å². The third kappa shape index (κ3) is 5.80. The highest BCUT2D eigenvalue weighted by Gasteiger charge is 2.20. The Kier molecular flexibility index (Phi) is 7.34. The fraction of sp³-hybridized carbons (Fsp3) is 0.263. The first-order valence-corrected chi connectivity index (χ1v) is 9.35. The largest absolute Gasteiger partial charge is 0.481 e. The fourth-order valence-electron chi connectivity index (χ4n) is 2.42. The normalized spacial score (nSPS) is 11.8. The molecule has 0 aliphatic heterocycles. The van der Waals surface area contributed by atoms with Gasteiger partial charge in [-0.15, -0.1) is 11.8 Å². The van der Waals surface area contributed by atoms with Gasteiger partial charge in [-0.3, -0.25) is 9.59 Å². The van der Waals surface area contributed by atoms with Crippen LogP contribution in [0.3, 0.4) is 0 Å². The molecule has 0 bridgehead atoms. The van der Waals surface area contributed by atoms with Gasteiger partial charge in [0.1, 0.15) is 0 Å². The van der Waals surface area contributed by atoms with E-state index in [9.17, 15) is 14.7 Å². The van der Waals surface area contributed by atoms with Crippen LogP contribution in [0.15, 0.2) is 53.4 Å². The highest BCUT2D eigenvalue weighted by atomic mass is 35.5. The summed E-state index contributed by atoms with van der Waals surface area (Å²) < 4.78 is 0. The van der Waals surface area contributed by atoms with E-state index >= 15 is 0 Å². The van der Waals surface area contributed by atoms with Crippen molar-refractivity contribution in [2.45, 2.75) is 18.2 Å². The molecule has 0 saturated heterocycles. The summed E-state index contributed by atoms with van der Waals surface area (Å²) in [5.41, 5.74) is 1.40. The number of carbonyl (C=O) groups is 2. The van der Waals surface area contributed by atoms with Crippen LogP contribution in [0.2, 0.25) is 5.02 Å². The van der Waals surface area contributed by atoms with Gasteiger partial charge in [0.25, 0.3) is 5.91 Å².